The van der Waals surface area contributed by atoms with E-state index < -0.39 is 44.8 Å². The number of piperazine rings is 1. The lowest BCUT2D eigenvalue weighted by Gasteiger charge is -2.36. The quantitative estimate of drug-likeness (QED) is 0.409. The van der Waals surface area contributed by atoms with E-state index in [1.54, 1.807) is 0 Å². The second-order valence-corrected chi connectivity index (χ2v) is 10.4. The maximum absolute atomic E-state index is 14.3. The van der Waals surface area contributed by atoms with Gasteiger partial charge >= 0.3 is 12.1 Å². The molecule has 1 fully saturated rings. The van der Waals surface area contributed by atoms with Gasteiger partial charge in [0.25, 0.3) is 16.4 Å². The highest BCUT2D eigenvalue weighted by Gasteiger charge is 2.43. The van der Waals surface area contributed by atoms with Gasteiger partial charge in [-0.15, -0.1) is 0 Å². The van der Waals surface area contributed by atoms with E-state index in [9.17, 15) is 39.6 Å². The predicted octanol–water partition coefficient (Wildman–Crippen LogP) is 4.93. The SMILES string of the molecule is O=C(N1CCN(c2cc(Br)cc3c2c(C(F)F)cn3S(=O)(=O)c2ccccc2F)CC1)C(F)(F)F. The minimum Gasteiger partial charge on any atom is -0.367 e. The van der Waals surface area contributed by atoms with Crippen LogP contribution in [0.3, 0.4) is 0 Å². The molecule has 6 nitrogen and oxygen atoms in total. The summed E-state index contributed by atoms with van der Waals surface area (Å²) in [6.07, 6.45) is -7.43. The van der Waals surface area contributed by atoms with Crippen molar-refractivity contribution in [2.75, 3.05) is 31.1 Å². The number of halogens is 7. The molecule has 1 aliphatic heterocycles. The predicted molar refractivity (Wildman–Crippen MR) is 118 cm³/mol. The molecule has 0 unspecified atom stereocenters. The second-order valence-electron chi connectivity index (χ2n) is 7.71. The Bertz CT molecular complexity index is 1400. The summed E-state index contributed by atoms with van der Waals surface area (Å²) in [5.41, 5.74) is -0.663. The molecule has 0 aliphatic carbocycles. The molecule has 35 heavy (non-hydrogen) atoms. The second kappa shape index (κ2) is 9.04. The van der Waals surface area contributed by atoms with Crippen molar-refractivity contribution in [3.05, 3.63) is 58.4 Å². The van der Waals surface area contributed by atoms with Crippen molar-refractivity contribution in [2.24, 2.45) is 0 Å². The smallest absolute Gasteiger partial charge is 0.367 e. The van der Waals surface area contributed by atoms with Crippen LogP contribution in [0.15, 0.2) is 52.0 Å². The molecule has 0 radical (unpaired) electrons. The normalized spacial score (nSPS) is 15.3. The summed E-state index contributed by atoms with van der Waals surface area (Å²) in [6, 6.07) is 7.23. The van der Waals surface area contributed by atoms with Gasteiger partial charge in [-0.1, -0.05) is 28.1 Å². The number of anilines is 1. The Morgan fingerprint density at radius 1 is 1.03 bits per heavy atom. The molecule has 1 aliphatic rings. The maximum Gasteiger partial charge on any atom is 0.471 e. The Kier molecular flexibility index (Phi) is 6.55. The number of hydrogen-bond donors (Lipinski definition) is 0. The summed E-state index contributed by atoms with van der Waals surface area (Å²) in [4.78, 5) is 12.9. The van der Waals surface area contributed by atoms with Crippen molar-refractivity contribution >= 4 is 48.5 Å². The molecular formula is C21H16BrF6N3O3S. The van der Waals surface area contributed by atoms with Crippen LogP contribution in [0.25, 0.3) is 10.9 Å². The summed E-state index contributed by atoms with van der Waals surface area (Å²) in [7, 11) is -4.62. The number of aromatic nitrogens is 1. The third-order valence-electron chi connectivity index (χ3n) is 5.60. The standard InChI is InChI=1S/C21H16BrF6N3O3S/c22-12-9-15(29-5-7-30(8-6-29)20(32)21(26,27)28)18-13(19(24)25)11-31(16(18)10-12)35(33,34)17-4-2-1-3-14(17)23/h1-4,9-11,19H,5-8H2. The Morgan fingerprint density at radius 3 is 2.23 bits per heavy atom. The molecule has 188 valence electrons. The lowest BCUT2D eigenvalue weighted by atomic mass is 10.1. The van der Waals surface area contributed by atoms with E-state index in [0.29, 0.717) is 13.3 Å². The highest BCUT2D eigenvalue weighted by atomic mass is 79.9. The maximum atomic E-state index is 14.3. The fraction of sp³-hybridized carbons (Fsp3) is 0.286. The molecule has 0 N–H and O–H groups in total. The average molecular weight is 584 g/mol. The highest BCUT2D eigenvalue weighted by molar-refractivity contribution is 9.10. The number of benzene rings is 2. The summed E-state index contributed by atoms with van der Waals surface area (Å²) in [5, 5.41) is -0.140. The van der Waals surface area contributed by atoms with Crippen LogP contribution in [0.5, 0.6) is 0 Å². The molecular weight excluding hydrogens is 568 g/mol. The van der Waals surface area contributed by atoms with Gasteiger partial charge in [-0.3, -0.25) is 4.79 Å². The minimum absolute atomic E-state index is 0.110. The largest absolute Gasteiger partial charge is 0.471 e. The Balaban J connectivity index is 1.82. The summed E-state index contributed by atoms with van der Waals surface area (Å²) in [6.45, 7) is -0.849. The van der Waals surface area contributed by atoms with Gasteiger partial charge in [0.2, 0.25) is 0 Å². The van der Waals surface area contributed by atoms with Gasteiger partial charge in [0, 0.05) is 53.5 Å². The Morgan fingerprint density at radius 2 is 1.66 bits per heavy atom. The van der Waals surface area contributed by atoms with Crippen LogP contribution < -0.4 is 4.90 Å². The van der Waals surface area contributed by atoms with Crippen molar-refractivity contribution < 1.29 is 39.6 Å². The van der Waals surface area contributed by atoms with Gasteiger partial charge in [-0.2, -0.15) is 13.2 Å². The van der Waals surface area contributed by atoms with Gasteiger partial charge in [-0.25, -0.2) is 25.6 Å². The molecule has 4 rings (SSSR count). The number of rotatable bonds is 4. The molecule has 0 spiro atoms. The van der Waals surface area contributed by atoms with Crippen LogP contribution in [-0.4, -0.2) is 55.6 Å². The van der Waals surface area contributed by atoms with Gasteiger partial charge < -0.3 is 9.80 Å². The molecule has 0 saturated carbocycles. The number of hydrogen-bond acceptors (Lipinski definition) is 4. The Labute approximate surface area is 203 Å². The van der Waals surface area contributed by atoms with Crippen LogP contribution in [0, 0.1) is 5.82 Å². The molecule has 0 bridgehead atoms. The molecule has 2 heterocycles. The van der Waals surface area contributed by atoms with Crippen LogP contribution in [0.4, 0.5) is 32.0 Å². The zero-order valence-electron chi connectivity index (χ0n) is 17.6. The summed E-state index contributed by atoms with van der Waals surface area (Å²) in [5.74, 6) is -3.06. The van der Waals surface area contributed by atoms with Crippen molar-refractivity contribution in [1.82, 2.24) is 8.87 Å². The van der Waals surface area contributed by atoms with E-state index in [1.165, 1.54) is 29.2 Å². The van der Waals surface area contributed by atoms with E-state index in [-0.39, 0.29) is 42.8 Å². The molecule has 1 saturated heterocycles. The minimum atomic E-state index is -5.04. The molecule has 3 aromatic rings. The monoisotopic (exact) mass is 583 g/mol. The third kappa shape index (κ3) is 4.60. The highest BCUT2D eigenvalue weighted by Crippen LogP contribution is 2.40. The van der Waals surface area contributed by atoms with E-state index in [2.05, 4.69) is 15.9 Å². The molecule has 0 atom stereocenters. The van der Waals surface area contributed by atoms with Crippen molar-refractivity contribution in [3.63, 3.8) is 0 Å². The van der Waals surface area contributed by atoms with Gasteiger partial charge in [-0.05, 0) is 24.3 Å². The van der Waals surface area contributed by atoms with Crippen molar-refractivity contribution in [1.29, 1.82) is 0 Å². The van der Waals surface area contributed by atoms with Crippen LogP contribution >= 0.6 is 15.9 Å². The molecule has 1 aromatic heterocycles. The van der Waals surface area contributed by atoms with Crippen LogP contribution in [0.2, 0.25) is 0 Å². The van der Waals surface area contributed by atoms with Crippen molar-refractivity contribution in [3.8, 4) is 0 Å². The number of fused-ring (bicyclic) bond motifs is 1. The zero-order chi connectivity index (χ0) is 25.7. The zero-order valence-corrected chi connectivity index (χ0v) is 20.0. The molecule has 1 amide bonds. The van der Waals surface area contributed by atoms with E-state index in [1.807, 2.05) is 0 Å². The first kappa shape index (κ1) is 25.4. The number of carbonyl (C=O) groups is 1. The summed E-state index contributed by atoms with van der Waals surface area (Å²) >= 11 is 3.22. The lowest BCUT2D eigenvalue weighted by Crippen LogP contribution is -2.52. The molecule has 14 heteroatoms. The number of carbonyl (C=O) groups excluding carboxylic acids is 1. The fourth-order valence-corrected chi connectivity index (χ4v) is 5.88. The van der Waals surface area contributed by atoms with Crippen LogP contribution in [0.1, 0.15) is 12.0 Å². The summed E-state index contributed by atoms with van der Waals surface area (Å²) < 4.78 is 108. The molecule has 2 aromatic carbocycles. The third-order valence-corrected chi connectivity index (χ3v) is 7.77. The first-order chi connectivity index (χ1) is 16.3. The average Bonchev–Trinajstić information content (AvgIpc) is 3.18. The first-order valence-electron chi connectivity index (χ1n) is 10.1. The fourth-order valence-electron chi connectivity index (χ4n) is 4.01. The van der Waals surface area contributed by atoms with E-state index in [0.717, 1.165) is 18.3 Å². The van der Waals surface area contributed by atoms with Crippen molar-refractivity contribution in [2.45, 2.75) is 17.5 Å². The van der Waals surface area contributed by atoms with Gasteiger partial charge in [0.1, 0.15) is 10.7 Å². The topological polar surface area (TPSA) is 62.6 Å². The number of alkyl halides is 5. The number of nitrogens with zero attached hydrogens (tertiary/aromatic N) is 3. The van der Waals surface area contributed by atoms with E-state index in [4.69, 9.17) is 0 Å². The number of amides is 1. The van der Waals surface area contributed by atoms with Crippen LogP contribution in [-0.2, 0) is 14.8 Å². The van der Waals surface area contributed by atoms with Gasteiger partial charge in [0.15, 0.2) is 0 Å². The van der Waals surface area contributed by atoms with Gasteiger partial charge in [0.05, 0.1) is 5.52 Å². The lowest BCUT2D eigenvalue weighted by molar-refractivity contribution is -0.185. The first-order valence-corrected chi connectivity index (χ1v) is 12.3. The Hall–Kier alpha value is -2.74. The van der Waals surface area contributed by atoms with E-state index >= 15 is 0 Å².